The van der Waals surface area contributed by atoms with Crippen LogP contribution < -0.4 is 11.1 Å². The zero-order valence-electron chi connectivity index (χ0n) is 18.5. The summed E-state index contributed by atoms with van der Waals surface area (Å²) >= 11 is 0. The lowest BCUT2D eigenvalue weighted by molar-refractivity contribution is 0.622. The number of halogens is 1. The highest BCUT2D eigenvalue weighted by Crippen LogP contribution is 2.33. The minimum absolute atomic E-state index is 0.244. The molecular formula is C27H24FN5. The average Bonchev–Trinajstić information content (AvgIpc) is 3.13. The van der Waals surface area contributed by atoms with Crippen molar-refractivity contribution in [3.05, 3.63) is 102 Å². The summed E-state index contributed by atoms with van der Waals surface area (Å²) in [6.07, 6.45) is 1.56. The van der Waals surface area contributed by atoms with Crippen molar-refractivity contribution in [3.8, 4) is 11.3 Å². The van der Waals surface area contributed by atoms with Gasteiger partial charge in [0, 0.05) is 17.9 Å². The fourth-order valence-electron chi connectivity index (χ4n) is 4.16. The molecule has 5 rings (SSSR count). The van der Waals surface area contributed by atoms with Crippen LogP contribution in [0.5, 0.6) is 0 Å². The van der Waals surface area contributed by atoms with Gasteiger partial charge in [-0.2, -0.15) is 0 Å². The van der Waals surface area contributed by atoms with E-state index in [9.17, 15) is 4.39 Å². The van der Waals surface area contributed by atoms with E-state index in [-0.39, 0.29) is 5.82 Å². The van der Waals surface area contributed by atoms with Crippen LogP contribution in [0.15, 0.2) is 79.1 Å². The Hall–Kier alpha value is -4.19. The Labute approximate surface area is 191 Å². The van der Waals surface area contributed by atoms with E-state index >= 15 is 0 Å². The van der Waals surface area contributed by atoms with E-state index < -0.39 is 0 Å². The highest BCUT2D eigenvalue weighted by atomic mass is 19.1. The molecule has 0 fully saturated rings. The van der Waals surface area contributed by atoms with E-state index in [0.717, 1.165) is 50.5 Å². The van der Waals surface area contributed by atoms with E-state index in [4.69, 9.17) is 5.73 Å². The number of nitrogens with two attached hydrogens (primary N) is 1. The average molecular weight is 438 g/mol. The lowest BCUT2D eigenvalue weighted by atomic mass is 10.1. The lowest BCUT2D eigenvalue weighted by Gasteiger charge is -2.12. The van der Waals surface area contributed by atoms with Crippen molar-refractivity contribution in [2.45, 2.75) is 20.4 Å². The molecule has 3 aromatic carbocycles. The molecule has 2 aromatic heterocycles. The van der Waals surface area contributed by atoms with Gasteiger partial charge in [-0.15, -0.1) is 0 Å². The third-order valence-corrected chi connectivity index (χ3v) is 5.62. The summed E-state index contributed by atoms with van der Waals surface area (Å²) in [7, 11) is 0. The number of aromatic nitrogens is 3. The summed E-state index contributed by atoms with van der Waals surface area (Å²) in [5.41, 5.74) is 13.2. The molecule has 0 unspecified atom stereocenters. The predicted octanol–water partition coefficient (Wildman–Crippen LogP) is 6.23. The van der Waals surface area contributed by atoms with E-state index in [1.807, 2.05) is 49.4 Å². The Morgan fingerprint density at radius 1 is 0.909 bits per heavy atom. The van der Waals surface area contributed by atoms with Crippen LogP contribution in [-0.2, 0) is 6.54 Å². The van der Waals surface area contributed by atoms with Crippen molar-refractivity contribution in [1.82, 2.24) is 14.5 Å². The van der Waals surface area contributed by atoms with Gasteiger partial charge >= 0.3 is 0 Å². The SMILES string of the molecule is Cc1cc(F)cc(Cn2c(-c3ccc(N)cc3)cc3c(Nc4cccc(C)c4)ncnc32)c1. The molecule has 2 heterocycles. The molecule has 0 aliphatic carbocycles. The molecule has 5 nitrogen and oxygen atoms in total. The maximum Gasteiger partial charge on any atom is 0.146 e. The molecule has 0 saturated carbocycles. The van der Waals surface area contributed by atoms with Crippen LogP contribution in [0.25, 0.3) is 22.3 Å². The van der Waals surface area contributed by atoms with Gasteiger partial charge in [0.25, 0.3) is 0 Å². The van der Waals surface area contributed by atoms with Crippen LogP contribution in [-0.4, -0.2) is 14.5 Å². The number of fused-ring (bicyclic) bond motifs is 1. The van der Waals surface area contributed by atoms with Gasteiger partial charge < -0.3 is 15.6 Å². The molecule has 6 heteroatoms. The van der Waals surface area contributed by atoms with E-state index in [1.165, 1.54) is 6.07 Å². The molecule has 0 aliphatic rings. The molecule has 0 bridgehead atoms. The minimum Gasteiger partial charge on any atom is -0.399 e. The quantitative estimate of drug-likeness (QED) is 0.320. The molecule has 5 aromatic rings. The normalized spacial score (nSPS) is 11.1. The molecule has 164 valence electrons. The first-order valence-corrected chi connectivity index (χ1v) is 10.8. The van der Waals surface area contributed by atoms with Gasteiger partial charge in [-0.25, -0.2) is 14.4 Å². The van der Waals surface area contributed by atoms with E-state index in [0.29, 0.717) is 12.2 Å². The third kappa shape index (κ3) is 4.28. The highest BCUT2D eigenvalue weighted by Gasteiger charge is 2.16. The Balaban J connectivity index is 1.67. The van der Waals surface area contributed by atoms with Gasteiger partial charge in [0.1, 0.15) is 23.6 Å². The van der Waals surface area contributed by atoms with Crippen molar-refractivity contribution in [1.29, 1.82) is 0 Å². The first kappa shape index (κ1) is 20.7. The topological polar surface area (TPSA) is 68.8 Å². The van der Waals surface area contributed by atoms with Crippen molar-refractivity contribution < 1.29 is 4.39 Å². The Kier molecular flexibility index (Phi) is 5.26. The van der Waals surface area contributed by atoms with Crippen LogP contribution >= 0.6 is 0 Å². The number of anilines is 3. The molecule has 0 saturated heterocycles. The zero-order chi connectivity index (χ0) is 22.9. The monoisotopic (exact) mass is 437 g/mol. The number of benzene rings is 3. The van der Waals surface area contributed by atoms with Crippen LogP contribution in [0.3, 0.4) is 0 Å². The lowest BCUT2D eigenvalue weighted by Crippen LogP contribution is -2.04. The van der Waals surface area contributed by atoms with Crippen molar-refractivity contribution >= 4 is 28.2 Å². The summed E-state index contributed by atoms with van der Waals surface area (Å²) in [6, 6.07) is 23.0. The Morgan fingerprint density at radius 3 is 2.48 bits per heavy atom. The minimum atomic E-state index is -0.244. The number of nitrogen functional groups attached to an aromatic ring is 1. The highest BCUT2D eigenvalue weighted by molar-refractivity contribution is 5.94. The van der Waals surface area contributed by atoms with Crippen LogP contribution in [0.4, 0.5) is 21.6 Å². The summed E-state index contributed by atoms with van der Waals surface area (Å²) in [4.78, 5) is 9.11. The molecule has 0 amide bonds. The number of aryl methyl sites for hydroxylation is 2. The second kappa shape index (κ2) is 8.39. The fourth-order valence-corrected chi connectivity index (χ4v) is 4.16. The number of nitrogens with zero attached hydrogens (tertiary/aromatic N) is 3. The standard InChI is InChI=1S/C27H24FN5/c1-17-4-3-5-23(12-17)32-26-24-14-25(20-6-8-22(29)9-7-20)33(27(24)31-16-30-26)15-19-10-18(2)11-21(28)13-19/h3-14,16H,15,29H2,1-2H3,(H,30,31,32). The van der Waals surface area contributed by atoms with Gasteiger partial charge in [0.05, 0.1) is 11.1 Å². The first-order valence-electron chi connectivity index (χ1n) is 10.8. The number of hydrogen-bond acceptors (Lipinski definition) is 4. The third-order valence-electron chi connectivity index (χ3n) is 5.62. The molecule has 33 heavy (non-hydrogen) atoms. The summed E-state index contributed by atoms with van der Waals surface area (Å²) in [5, 5.41) is 4.31. The second-order valence-corrected chi connectivity index (χ2v) is 8.33. The van der Waals surface area contributed by atoms with Gasteiger partial charge in [0.2, 0.25) is 0 Å². The number of rotatable bonds is 5. The second-order valence-electron chi connectivity index (χ2n) is 8.33. The largest absolute Gasteiger partial charge is 0.399 e. The maximum atomic E-state index is 14.1. The molecule has 0 radical (unpaired) electrons. The van der Waals surface area contributed by atoms with Crippen LogP contribution in [0.1, 0.15) is 16.7 Å². The maximum absolute atomic E-state index is 14.1. The first-order chi connectivity index (χ1) is 16.0. The van der Waals surface area contributed by atoms with E-state index in [2.05, 4.69) is 45.0 Å². The number of nitrogens with one attached hydrogen (secondary N) is 1. The zero-order valence-corrected chi connectivity index (χ0v) is 18.5. The molecule has 0 aliphatic heterocycles. The molecule has 0 spiro atoms. The molecule has 3 N–H and O–H groups in total. The molecular weight excluding hydrogens is 413 g/mol. The smallest absolute Gasteiger partial charge is 0.146 e. The predicted molar refractivity (Wildman–Crippen MR) is 132 cm³/mol. The fraction of sp³-hybridized carbons (Fsp3) is 0.111. The van der Waals surface area contributed by atoms with Gasteiger partial charge in [-0.05, 0) is 78.6 Å². The Bertz CT molecular complexity index is 1430. The van der Waals surface area contributed by atoms with Gasteiger partial charge in [-0.3, -0.25) is 0 Å². The number of hydrogen-bond donors (Lipinski definition) is 2. The van der Waals surface area contributed by atoms with Crippen molar-refractivity contribution in [3.63, 3.8) is 0 Å². The van der Waals surface area contributed by atoms with Crippen molar-refractivity contribution in [2.75, 3.05) is 11.1 Å². The summed E-state index contributed by atoms with van der Waals surface area (Å²) < 4.78 is 16.2. The summed E-state index contributed by atoms with van der Waals surface area (Å²) in [6.45, 7) is 4.42. The summed E-state index contributed by atoms with van der Waals surface area (Å²) in [5.74, 6) is 0.475. The van der Waals surface area contributed by atoms with Crippen LogP contribution in [0.2, 0.25) is 0 Å². The van der Waals surface area contributed by atoms with Gasteiger partial charge in [-0.1, -0.05) is 30.3 Å². The van der Waals surface area contributed by atoms with E-state index in [1.54, 1.807) is 12.4 Å². The van der Waals surface area contributed by atoms with Crippen LogP contribution in [0, 0.1) is 19.7 Å². The van der Waals surface area contributed by atoms with Gasteiger partial charge in [0.15, 0.2) is 0 Å². The molecule has 0 atom stereocenters. The van der Waals surface area contributed by atoms with Crippen molar-refractivity contribution in [2.24, 2.45) is 0 Å². The Morgan fingerprint density at radius 2 is 1.73 bits per heavy atom.